The molecule has 0 aliphatic heterocycles. The number of amides is 2. The van der Waals surface area contributed by atoms with Gasteiger partial charge in [0.25, 0.3) is 17.6 Å². The van der Waals surface area contributed by atoms with E-state index in [0.29, 0.717) is 36.9 Å². The van der Waals surface area contributed by atoms with E-state index < -0.39 is 40.9 Å². The number of hydrogen-bond acceptors (Lipinski definition) is 4. The Balaban J connectivity index is 1.83. The van der Waals surface area contributed by atoms with Crippen LogP contribution in [0.25, 0.3) is 0 Å². The number of ketones is 1. The minimum absolute atomic E-state index is 0.0644. The summed E-state index contributed by atoms with van der Waals surface area (Å²) in [4.78, 5) is 38.6. The standard InChI is InChI=1S/C23H27F2N3O4/c1-12-18(21(31)26-14-5-6-16(24)17(25)11-14)13(2)28(4)19(12)20(30)22(32)27-23(3)9-7-15(29)8-10-23/h5-6,11,15,29H,7-10H2,1-4H3,(H,26,31)(H,27,32). The van der Waals surface area contributed by atoms with Gasteiger partial charge in [-0.3, -0.25) is 14.4 Å². The number of anilines is 1. The summed E-state index contributed by atoms with van der Waals surface area (Å²) in [6.07, 6.45) is 1.80. The van der Waals surface area contributed by atoms with E-state index in [1.54, 1.807) is 20.9 Å². The molecule has 1 aliphatic carbocycles. The number of nitrogens with one attached hydrogen (secondary N) is 2. The second-order valence-corrected chi connectivity index (χ2v) is 8.65. The second kappa shape index (κ2) is 8.82. The fraction of sp³-hybridized carbons (Fsp3) is 0.435. The molecular formula is C23H27F2N3O4. The van der Waals surface area contributed by atoms with Gasteiger partial charge in [-0.15, -0.1) is 0 Å². The molecule has 7 nitrogen and oxygen atoms in total. The van der Waals surface area contributed by atoms with E-state index in [9.17, 15) is 28.3 Å². The van der Waals surface area contributed by atoms with Gasteiger partial charge in [0, 0.05) is 30.0 Å². The zero-order chi connectivity index (χ0) is 23.8. The van der Waals surface area contributed by atoms with Gasteiger partial charge in [0.2, 0.25) is 0 Å². The maximum absolute atomic E-state index is 13.5. The first-order chi connectivity index (χ1) is 14.9. The van der Waals surface area contributed by atoms with Gasteiger partial charge in [0.1, 0.15) is 0 Å². The van der Waals surface area contributed by atoms with E-state index in [-0.39, 0.29) is 16.9 Å². The van der Waals surface area contributed by atoms with Crippen molar-refractivity contribution in [3.05, 3.63) is 52.3 Å². The van der Waals surface area contributed by atoms with Crippen LogP contribution in [-0.2, 0) is 11.8 Å². The number of halogens is 2. The lowest BCUT2D eigenvalue weighted by Gasteiger charge is -2.36. The Labute approximate surface area is 184 Å². The highest BCUT2D eigenvalue weighted by molar-refractivity contribution is 6.43. The summed E-state index contributed by atoms with van der Waals surface area (Å²) < 4.78 is 28.1. The third kappa shape index (κ3) is 4.57. The van der Waals surface area contributed by atoms with Gasteiger partial charge in [-0.05, 0) is 64.2 Å². The molecule has 1 aromatic carbocycles. The van der Waals surface area contributed by atoms with Crippen molar-refractivity contribution in [2.75, 3.05) is 5.32 Å². The quantitative estimate of drug-likeness (QED) is 0.484. The predicted octanol–water partition coefficient (Wildman–Crippen LogP) is 3.16. The van der Waals surface area contributed by atoms with Gasteiger partial charge >= 0.3 is 0 Å². The molecule has 2 amide bonds. The van der Waals surface area contributed by atoms with Crippen molar-refractivity contribution in [2.24, 2.45) is 7.05 Å². The van der Waals surface area contributed by atoms with Crippen molar-refractivity contribution in [1.29, 1.82) is 0 Å². The van der Waals surface area contributed by atoms with Crippen LogP contribution < -0.4 is 10.6 Å². The fourth-order valence-corrected chi connectivity index (χ4v) is 4.20. The lowest BCUT2D eigenvalue weighted by molar-refractivity contribution is -0.119. The van der Waals surface area contributed by atoms with E-state index in [1.165, 1.54) is 10.6 Å². The van der Waals surface area contributed by atoms with E-state index in [1.807, 2.05) is 6.92 Å². The van der Waals surface area contributed by atoms with Gasteiger partial charge in [-0.1, -0.05) is 0 Å². The fourth-order valence-electron chi connectivity index (χ4n) is 4.20. The molecule has 0 atom stereocenters. The summed E-state index contributed by atoms with van der Waals surface area (Å²) in [6.45, 7) is 5.03. The van der Waals surface area contributed by atoms with Gasteiger partial charge in [-0.2, -0.15) is 0 Å². The number of Topliss-reactive ketones (excluding diaryl/α,β-unsaturated/α-hetero) is 1. The van der Waals surface area contributed by atoms with Gasteiger partial charge < -0.3 is 20.3 Å². The third-order valence-corrected chi connectivity index (χ3v) is 6.23. The summed E-state index contributed by atoms with van der Waals surface area (Å²) in [5, 5.41) is 15.0. The van der Waals surface area contributed by atoms with Crippen LogP contribution in [0, 0.1) is 25.5 Å². The summed E-state index contributed by atoms with van der Waals surface area (Å²) in [6, 6.07) is 2.99. The van der Waals surface area contributed by atoms with E-state index in [2.05, 4.69) is 10.6 Å². The second-order valence-electron chi connectivity index (χ2n) is 8.65. The van der Waals surface area contributed by atoms with Crippen molar-refractivity contribution in [3.8, 4) is 0 Å². The first-order valence-corrected chi connectivity index (χ1v) is 10.4. The molecule has 0 saturated heterocycles. The molecule has 1 saturated carbocycles. The number of aromatic nitrogens is 1. The van der Waals surface area contributed by atoms with Gasteiger partial charge in [0.15, 0.2) is 11.6 Å². The van der Waals surface area contributed by atoms with Crippen molar-refractivity contribution in [1.82, 2.24) is 9.88 Å². The molecule has 9 heteroatoms. The molecule has 1 aliphatic rings. The van der Waals surface area contributed by atoms with Crippen LogP contribution in [0.15, 0.2) is 18.2 Å². The molecule has 1 aromatic heterocycles. The van der Waals surface area contributed by atoms with Crippen LogP contribution in [0.2, 0.25) is 0 Å². The van der Waals surface area contributed by atoms with E-state index in [0.717, 1.165) is 12.1 Å². The SMILES string of the molecule is Cc1c(C(=O)Nc2ccc(F)c(F)c2)c(C)n(C)c1C(=O)C(=O)NC1(C)CCC(O)CC1. The molecular weight excluding hydrogens is 420 g/mol. The van der Waals surface area contributed by atoms with Gasteiger partial charge in [-0.25, -0.2) is 8.78 Å². The summed E-state index contributed by atoms with van der Waals surface area (Å²) >= 11 is 0. The molecule has 2 aromatic rings. The Morgan fingerprint density at radius 2 is 1.75 bits per heavy atom. The number of aliphatic hydroxyl groups excluding tert-OH is 1. The van der Waals surface area contributed by atoms with Crippen molar-refractivity contribution >= 4 is 23.3 Å². The lowest BCUT2D eigenvalue weighted by atomic mass is 9.82. The molecule has 0 spiro atoms. The van der Waals surface area contributed by atoms with Crippen molar-refractivity contribution < 1.29 is 28.3 Å². The molecule has 32 heavy (non-hydrogen) atoms. The number of benzene rings is 1. The molecule has 0 bridgehead atoms. The van der Waals surface area contributed by atoms with Crippen LogP contribution in [0.1, 0.15) is 64.7 Å². The zero-order valence-corrected chi connectivity index (χ0v) is 18.5. The van der Waals surface area contributed by atoms with Crippen LogP contribution in [-0.4, -0.2) is 38.9 Å². The monoisotopic (exact) mass is 447 g/mol. The van der Waals surface area contributed by atoms with Crippen LogP contribution in [0.5, 0.6) is 0 Å². The number of rotatable bonds is 5. The molecule has 172 valence electrons. The number of carbonyl (C=O) groups excluding carboxylic acids is 3. The smallest absolute Gasteiger partial charge is 0.294 e. The zero-order valence-electron chi connectivity index (χ0n) is 18.5. The van der Waals surface area contributed by atoms with Crippen LogP contribution >= 0.6 is 0 Å². The third-order valence-electron chi connectivity index (χ3n) is 6.23. The number of carbonyl (C=O) groups is 3. The predicted molar refractivity (Wildman–Crippen MR) is 115 cm³/mol. The summed E-state index contributed by atoms with van der Waals surface area (Å²) in [5.41, 5.74) is 0.498. The Hall–Kier alpha value is -3.07. The van der Waals surface area contributed by atoms with E-state index >= 15 is 0 Å². The minimum atomic E-state index is -1.10. The first-order valence-electron chi connectivity index (χ1n) is 10.4. The minimum Gasteiger partial charge on any atom is -0.393 e. The summed E-state index contributed by atoms with van der Waals surface area (Å²) in [5.74, 6) is -4.28. The average molecular weight is 447 g/mol. The number of aliphatic hydroxyl groups is 1. The van der Waals surface area contributed by atoms with E-state index in [4.69, 9.17) is 0 Å². The maximum Gasteiger partial charge on any atom is 0.294 e. The maximum atomic E-state index is 13.5. The van der Waals surface area contributed by atoms with Crippen molar-refractivity contribution in [2.45, 2.75) is 58.1 Å². The largest absolute Gasteiger partial charge is 0.393 e. The van der Waals surface area contributed by atoms with Gasteiger partial charge in [0.05, 0.1) is 17.4 Å². The Kier molecular flexibility index (Phi) is 6.50. The molecule has 3 rings (SSSR count). The van der Waals surface area contributed by atoms with Crippen LogP contribution in [0.4, 0.5) is 14.5 Å². The lowest BCUT2D eigenvalue weighted by Crippen LogP contribution is -2.51. The highest BCUT2D eigenvalue weighted by atomic mass is 19.2. The van der Waals surface area contributed by atoms with Crippen LogP contribution in [0.3, 0.4) is 0 Å². The molecule has 0 unspecified atom stereocenters. The Bertz CT molecular complexity index is 1090. The number of nitrogens with zero attached hydrogens (tertiary/aromatic N) is 1. The molecule has 1 fully saturated rings. The molecule has 0 radical (unpaired) electrons. The number of hydrogen-bond donors (Lipinski definition) is 3. The summed E-state index contributed by atoms with van der Waals surface area (Å²) in [7, 11) is 1.58. The van der Waals surface area contributed by atoms with Crippen molar-refractivity contribution in [3.63, 3.8) is 0 Å². The molecule has 1 heterocycles. The topological polar surface area (TPSA) is 100 Å². The highest BCUT2D eigenvalue weighted by Gasteiger charge is 2.35. The Morgan fingerprint density at radius 1 is 1.12 bits per heavy atom. The molecule has 3 N–H and O–H groups in total. The first kappa shape index (κ1) is 23.6. The highest BCUT2D eigenvalue weighted by Crippen LogP contribution is 2.29. The average Bonchev–Trinajstić information content (AvgIpc) is 2.95. The normalized spacial score (nSPS) is 20.7. The Morgan fingerprint density at radius 3 is 2.34 bits per heavy atom.